The van der Waals surface area contributed by atoms with Gasteiger partial charge in [-0.25, -0.2) is 0 Å². The SMILES string of the molecule is COc1ccccc1CC(C)NCC1CC1. The summed E-state index contributed by atoms with van der Waals surface area (Å²) in [5.74, 6) is 1.95. The summed E-state index contributed by atoms with van der Waals surface area (Å²) in [6.45, 7) is 3.42. The Balaban J connectivity index is 1.85. The number of benzene rings is 1. The third-order valence-electron chi connectivity index (χ3n) is 3.17. The van der Waals surface area contributed by atoms with Crippen LogP contribution >= 0.6 is 0 Å². The summed E-state index contributed by atoms with van der Waals surface area (Å²) in [5, 5.41) is 3.59. The maximum atomic E-state index is 5.36. The fourth-order valence-corrected chi connectivity index (χ4v) is 1.96. The molecular weight excluding hydrogens is 198 g/mol. The number of hydrogen-bond acceptors (Lipinski definition) is 2. The molecule has 0 aliphatic heterocycles. The zero-order chi connectivity index (χ0) is 11.4. The van der Waals surface area contributed by atoms with Gasteiger partial charge in [0.25, 0.3) is 0 Å². The zero-order valence-electron chi connectivity index (χ0n) is 10.2. The summed E-state index contributed by atoms with van der Waals surface area (Å²) in [4.78, 5) is 0. The van der Waals surface area contributed by atoms with Crippen LogP contribution in [0.25, 0.3) is 0 Å². The van der Waals surface area contributed by atoms with E-state index in [1.54, 1.807) is 7.11 Å². The van der Waals surface area contributed by atoms with Crippen molar-refractivity contribution in [2.75, 3.05) is 13.7 Å². The Hall–Kier alpha value is -1.02. The van der Waals surface area contributed by atoms with E-state index in [2.05, 4.69) is 24.4 Å². The molecule has 1 aromatic carbocycles. The predicted octanol–water partition coefficient (Wildman–Crippen LogP) is 2.63. The number of methoxy groups -OCH3 is 1. The van der Waals surface area contributed by atoms with Gasteiger partial charge in [0.2, 0.25) is 0 Å². The molecule has 1 aliphatic rings. The van der Waals surface area contributed by atoms with Crippen molar-refractivity contribution in [1.82, 2.24) is 5.32 Å². The molecule has 2 rings (SSSR count). The first-order valence-corrected chi connectivity index (χ1v) is 6.15. The Morgan fingerprint density at radius 1 is 1.38 bits per heavy atom. The van der Waals surface area contributed by atoms with E-state index in [-0.39, 0.29) is 0 Å². The summed E-state index contributed by atoms with van der Waals surface area (Å²) in [7, 11) is 1.74. The largest absolute Gasteiger partial charge is 0.496 e. The minimum atomic E-state index is 0.525. The average molecular weight is 219 g/mol. The molecule has 88 valence electrons. The molecule has 1 fully saturated rings. The topological polar surface area (TPSA) is 21.3 Å². The Morgan fingerprint density at radius 2 is 2.12 bits per heavy atom. The van der Waals surface area contributed by atoms with Crippen LogP contribution < -0.4 is 10.1 Å². The van der Waals surface area contributed by atoms with E-state index in [0.29, 0.717) is 6.04 Å². The van der Waals surface area contributed by atoms with Gasteiger partial charge >= 0.3 is 0 Å². The second-order valence-electron chi connectivity index (χ2n) is 4.77. The van der Waals surface area contributed by atoms with E-state index in [4.69, 9.17) is 4.74 Å². The fraction of sp³-hybridized carbons (Fsp3) is 0.571. The third kappa shape index (κ3) is 3.24. The highest BCUT2D eigenvalue weighted by atomic mass is 16.5. The van der Waals surface area contributed by atoms with Crippen LogP contribution in [0, 0.1) is 5.92 Å². The van der Waals surface area contributed by atoms with Crippen molar-refractivity contribution in [2.45, 2.75) is 32.2 Å². The summed E-state index contributed by atoms with van der Waals surface area (Å²) in [6, 6.07) is 8.80. The maximum absolute atomic E-state index is 5.36. The van der Waals surface area contributed by atoms with Gasteiger partial charge in [-0.15, -0.1) is 0 Å². The number of hydrogen-bond donors (Lipinski definition) is 1. The monoisotopic (exact) mass is 219 g/mol. The van der Waals surface area contributed by atoms with Gasteiger partial charge in [0, 0.05) is 6.04 Å². The molecule has 0 radical (unpaired) electrons. The average Bonchev–Trinajstić information content (AvgIpc) is 3.11. The summed E-state index contributed by atoms with van der Waals surface area (Å²) in [6.07, 6.45) is 3.86. The van der Waals surface area contributed by atoms with Gasteiger partial charge in [-0.3, -0.25) is 0 Å². The van der Waals surface area contributed by atoms with Crippen molar-refractivity contribution in [1.29, 1.82) is 0 Å². The second kappa shape index (κ2) is 5.35. The predicted molar refractivity (Wildman–Crippen MR) is 66.9 cm³/mol. The van der Waals surface area contributed by atoms with Crippen LogP contribution in [0.15, 0.2) is 24.3 Å². The van der Waals surface area contributed by atoms with Crippen molar-refractivity contribution in [3.05, 3.63) is 29.8 Å². The van der Waals surface area contributed by atoms with Crippen molar-refractivity contribution in [3.8, 4) is 5.75 Å². The normalized spacial score (nSPS) is 17.1. The number of ether oxygens (including phenoxy) is 1. The first-order valence-electron chi connectivity index (χ1n) is 6.15. The highest BCUT2D eigenvalue weighted by Gasteiger charge is 2.21. The summed E-state index contributed by atoms with van der Waals surface area (Å²) < 4.78 is 5.36. The summed E-state index contributed by atoms with van der Waals surface area (Å²) >= 11 is 0. The number of rotatable bonds is 6. The lowest BCUT2D eigenvalue weighted by Gasteiger charge is -2.15. The zero-order valence-corrected chi connectivity index (χ0v) is 10.2. The molecule has 2 heteroatoms. The molecule has 0 amide bonds. The lowest BCUT2D eigenvalue weighted by atomic mass is 10.1. The molecule has 2 nitrogen and oxygen atoms in total. The molecular formula is C14H21NO. The second-order valence-corrected chi connectivity index (χ2v) is 4.77. The Labute approximate surface area is 98.0 Å². The van der Waals surface area contributed by atoms with Crippen LogP contribution in [-0.4, -0.2) is 19.7 Å². The molecule has 1 aromatic rings. The van der Waals surface area contributed by atoms with Crippen LogP contribution in [0.4, 0.5) is 0 Å². The van der Waals surface area contributed by atoms with E-state index in [1.165, 1.54) is 24.9 Å². The van der Waals surface area contributed by atoms with Crippen LogP contribution in [0.2, 0.25) is 0 Å². The third-order valence-corrected chi connectivity index (χ3v) is 3.17. The van der Waals surface area contributed by atoms with Crippen molar-refractivity contribution in [2.24, 2.45) is 5.92 Å². The molecule has 1 aliphatic carbocycles. The quantitative estimate of drug-likeness (QED) is 0.794. The molecule has 0 heterocycles. The minimum absolute atomic E-state index is 0.525. The highest BCUT2D eigenvalue weighted by Crippen LogP contribution is 2.28. The van der Waals surface area contributed by atoms with Crippen LogP contribution in [0.3, 0.4) is 0 Å². The van der Waals surface area contributed by atoms with Gasteiger partial charge in [0.05, 0.1) is 7.11 Å². The number of nitrogens with one attached hydrogen (secondary N) is 1. The van der Waals surface area contributed by atoms with E-state index in [0.717, 1.165) is 18.1 Å². The summed E-state index contributed by atoms with van der Waals surface area (Å²) in [5.41, 5.74) is 1.29. The van der Waals surface area contributed by atoms with Crippen molar-refractivity contribution >= 4 is 0 Å². The lowest BCUT2D eigenvalue weighted by molar-refractivity contribution is 0.405. The van der Waals surface area contributed by atoms with Crippen LogP contribution in [0.1, 0.15) is 25.3 Å². The minimum Gasteiger partial charge on any atom is -0.496 e. The molecule has 1 saturated carbocycles. The van der Waals surface area contributed by atoms with Gasteiger partial charge < -0.3 is 10.1 Å². The molecule has 0 bridgehead atoms. The Kier molecular flexibility index (Phi) is 3.83. The number of para-hydroxylation sites is 1. The van der Waals surface area contributed by atoms with Gasteiger partial charge in [-0.1, -0.05) is 18.2 Å². The van der Waals surface area contributed by atoms with E-state index < -0.39 is 0 Å². The molecule has 1 unspecified atom stereocenters. The van der Waals surface area contributed by atoms with Crippen molar-refractivity contribution < 1.29 is 4.74 Å². The van der Waals surface area contributed by atoms with Gasteiger partial charge in [0.1, 0.15) is 5.75 Å². The molecule has 0 saturated heterocycles. The molecule has 1 N–H and O–H groups in total. The molecule has 0 spiro atoms. The molecule has 1 atom stereocenters. The Morgan fingerprint density at radius 3 is 2.81 bits per heavy atom. The van der Waals surface area contributed by atoms with E-state index >= 15 is 0 Å². The molecule has 0 aromatic heterocycles. The van der Waals surface area contributed by atoms with E-state index in [1.807, 2.05) is 12.1 Å². The van der Waals surface area contributed by atoms with E-state index in [9.17, 15) is 0 Å². The lowest BCUT2D eigenvalue weighted by Crippen LogP contribution is -2.30. The van der Waals surface area contributed by atoms with Gasteiger partial charge in [-0.05, 0) is 50.3 Å². The van der Waals surface area contributed by atoms with Crippen LogP contribution in [0.5, 0.6) is 5.75 Å². The standard InChI is InChI=1S/C14H21NO/c1-11(15-10-12-7-8-12)9-13-5-3-4-6-14(13)16-2/h3-6,11-12,15H,7-10H2,1-2H3. The van der Waals surface area contributed by atoms with Gasteiger partial charge in [-0.2, -0.15) is 0 Å². The first-order chi connectivity index (χ1) is 7.79. The fourth-order valence-electron chi connectivity index (χ4n) is 1.96. The van der Waals surface area contributed by atoms with Gasteiger partial charge in [0.15, 0.2) is 0 Å². The highest BCUT2D eigenvalue weighted by molar-refractivity contribution is 5.33. The smallest absolute Gasteiger partial charge is 0.122 e. The van der Waals surface area contributed by atoms with Crippen molar-refractivity contribution in [3.63, 3.8) is 0 Å². The maximum Gasteiger partial charge on any atom is 0.122 e. The first kappa shape index (κ1) is 11.5. The molecule has 16 heavy (non-hydrogen) atoms. The Bertz CT molecular complexity index is 333. The van der Waals surface area contributed by atoms with Crippen LogP contribution in [-0.2, 0) is 6.42 Å².